The Hall–Kier alpha value is -3.34. The van der Waals surface area contributed by atoms with Crippen molar-refractivity contribution >= 4 is 27.7 Å². The van der Waals surface area contributed by atoms with E-state index in [0.29, 0.717) is 6.54 Å². The molecule has 0 aliphatic heterocycles. The predicted molar refractivity (Wildman–Crippen MR) is 111 cm³/mol. The van der Waals surface area contributed by atoms with Crippen LogP contribution >= 0.6 is 0 Å². The van der Waals surface area contributed by atoms with E-state index in [4.69, 9.17) is 4.74 Å². The van der Waals surface area contributed by atoms with Gasteiger partial charge in [0.25, 0.3) is 0 Å². The number of benzene rings is 3. The summed E-state index contributed by atoms with van der Waals surface area (Å²) < 4.78 is 7.29. The second-order valence-corrected chi connectivity index (χ2v) is 6.99. The molecule has 1 aromatic heterocycles. The maximum atomic E-state index is 12.7. The molecule has 3 aromatic carbocycles. The van der Waals surface area contributed by atoms with Crippen LogP contribution in [0.2, 0.25) is 0 Å². The molecule has 0 unspecified atom stereocenters. The van der Waals surface area contributed by atoms with E-state index in [9.17, 15) is 4.79 Å². The minimum absolute atomic E-state index is 0.0140. The summed E-state index contributed by atoms with van der Waals surface area (Å²) in [5.41, 5.74) is 2.98. The van der Waals surface area contributed by atoms with E-state index < -0.39 is 0 Å². The Kier molecular flexibility index (Phi) is 4.74. The van der Waals surface area contributed by atoms with Gasteiger partial charge < -0.3 is 14.6 Å². The fraction of sp³-hybridized carbons (Fsp3) is 0.217. The van der Waals surface area contributed by atoms with Gasteiger partial charge in [-0.05, 0) is 47.5 Å². The van der Waals surface area contributed by atoms with Crippen molar-refractivity contribution in [3.8, 4) is 5.75 Å². The summed E-state index contributed by atoms with van der Waals surface area (Å²) in [6.45, 7) is 2.33. The van der Waals surface area contributed by atoms with Crippen molar-refractivity contribution in [3.05, 3.63) is 72.1 Å². The van der Waals surface area contributed by atoms with Gasteiger partial charge in [0.2, 0.25) is 5.91 Å². The third-order valence-electron chi connectivity index (χ3n) is 5.27. The molecule has 28 heavy (non-hydrogen) atoms. The van der Waals surface area contributed by atoms with Crippen molar-refractivity contribution in [2.24, 2.45) is 7.05 Å². The molecule has 0 radical (unpaired) electrons. The number of carbonyl (C=O) groups excluding carboxylic acids is 1. The van der Waals surface area contributed by atoms with Crippen molar-refractivity contribution in [2.75, 3.05) is 7.11 Å². The van der Waals surface area contributed by atoms with Crippen molar-refractivity contribution in [2.45, 2.75) is 19.4 Å². The Morgan fingerprint density at radius 3 is 2.64 bits per heavy atom. The standard InChI is InChI=1S/C23H23N3O2/c1-15(16-8-9-18-13-19(28-3)11-10-17(18)12-16)23(27)24-14-22-25-20-6-4-5-7-21(20)26(22)2/h4-13,15H,14H2,1-3H3,(H,24,27)/t15-/m1/s1. The Morgan fingerprint density at radius 2 is 1.86 bits per heavy atom. The number of ether oxygens (including phenoxy) is 1. The zero-order valence-corrected chi connectivity index (χ0v) is 16.3. The van der Waals surface area contributed by atoms with Crippen LogP contribution in [0.3, 0.4) is 0 Å². The second-order valence-electron chi connectivity index (χ2n) is 6.99. The average molecular weight is 373 g/mol. The summed E-state index contributed by atoms with van der Waals surface area (Å²) >= 11 is 0. The Bertz CT molecular complexity index is 1160. The van der Waals surface area contributed by atoms with Gasteiger partial charge >= 0.3 is 0 Å². The lowest BCUT2D eigenvalue weighted by molar-refractivity contribution is -0.122. The van der Waals surface area contributed by atoms with Gasteiger partial charge in [0.05, 0.1) is 30.6 Å². The fourth-order valence-electron chi connectivity index (χ4n) is 3.46. The molecule has 0 fully saturated rings. The number of rotatable bonds is 5. The minimum atomic E-state index is -0.249. The number of aromatic nitrogens is 2. The zero-order valence-electron chi connectivity index (χ0n) is 16.3. The molecule has 142 valence electrons. The molecule has 0 saturated heterocycles. The summed E-state index contributed by atoms with van der Waals surface area (Å²) in [6, 6.07) is 20.0. The van der Waals surface area contributed by atoms with E-state index in [1.165, 1.54) is 0 Å². The van der Waals surface area contributed by atoms with Crippen LogP contribution in [-0.4, -0.2) is 22.6 Å². The van der Waals surface area contributed by atoms with Gasteiger partial charge in [0.15, 0.2) is 0 Å². The number of aryl methyl sites for hydroxylation is 1. The van der Waals surface area contributed by atoms with Gasteiger partial charge in [-0.3, -0.25) is 4.79 Å². The number of methoxy groups -OCH3 is 1. The minimum Gasteiger partial charge on any atom is -0.497 e. The summed E-state index contributed by atoms with van der Waals surface area (Å²) in [4.78, 5) is 17.3. The summed E-state index contributed by atoms with van der Waals surface area (Å²) in [5.74, 6) is 1.40. The lowest BCUT2D eigenvalue weighted by Crippen LogP contribution is -2.28. The first-order valence-corrected chi connectivity index (χ1v) is 9.32. The number of nitrogens with zero attached hydrogens (tertiary/aromatic N) is 2. The third-order valence-corrected chi connectivity index (χ3v) is 5.27. The van der Waals surface area contributed by atoms with Crippen LogP contribution in [-0.2, 0) is 18.4 Å². The monoisotopic (exact) mass is 373 g/mol. The van der Waals surface area contributed by atoms with E-state index in [2.05, 4.69) is 16.4 Å². The zero-order chi connectivity index (χ0) is 19.7. The van der Waals surface area contributed by atoms with E-state index in [1.807, 2.05) is 73.1 Å². The van der Waals surface area contributed by atoms with Crippen molar-refractivity contribution in [3.63, 3.8) is 0 Å². The van der Waals surface area contributed by atoms with Crippen LogP contribution in [0.25, 0.3) is 21.8 Å². The first-order chi connectivity index (χ1) is 13.6. The van der Waals surface area contributed by atoms with E-state index in [0.717, 1.165) is 38.9 Å². The van der Waals surface area contributed by atoms with Crippen LogP contribution in [0.5, 0.6) is 5.75 Å². The van der Waals surface area contributed by atoms with E-state index in [1.54, 1.807) is 7.11 Å². The number of fused-ring (bicyclic) bond motifs is 2. The highest BCUT2D eigenvalue weighted by atomic mass is 16.5. The van der Waals surface area contributed by atoms with Gasteiger partial charge in [0, 0.05) is 7.05 Å². The number of hydrogen-bond acceptors (Lipinski definition) is 3. The predicted octanol–water partition coefficient (Wildman–Crippen LogP) is 4.16. The van der Waals surface area contributed by atoms with E-state index in [-0.39, 0.29) is 11.8 Å². The summed E-state index contributed by atoms with van der Waals surface area (Å²) in [6.07, 6.45) is 0. The van der Waals surface area contributed by atoms with Gasteiger partial charge in [0.1, 0.15) is 11.6 Å². The highest BCUT2D eigenvalue weighted by Crippen LogP contribution is 2.25. The molecule has 0 aliphatic rings. The normalized spacial score (nSPS) is 12.2. The molecule has 0 spiro atoms. The summed E-state index contributed by atoms with van der Waals surface area (Å²) in [5, 5.41) is 5.21. The highest BCUT2D eigenvalue weighted by molar-refractivity contribution is 5.88. The quantitative estimate of drug-likeness (QED) is 0.572. The number of para-hydroxylation sites is 2. The van der Waals surface area contributed by atoms with Crippen LogP contribution in [0.4, 0.5) is 0 Å². The first kappa shape index (κ1) is 18.0. The molecular weight excluding hydrogens is 350 g/mol. The first-order valence-electron chi connectivity index (χ1n) is 9.32. The fourth-order valence-corrected chi connectivity index (χ4v) is 3.46. The summed E-state index contributed by atoms with van der Waals surface area (Å²) in [7, 11) is 3.63. The van der Waals surface area contributed by atoms with Crippen LogP contribution in [0.1, 0.15) is 24.2 Å². The number of imidazole rings is 1. The molecule has 0 aliphatic carbocycles. The maximum absolute atomic E-state index is 12.7. The van der Waals surface area contributed by atoms with Crippen molar-refractivity contribution in [1.82, 2.24) is 14.9 Å². The second kappa shape index (κ2) is 7.35. The number of nitrogens with one attached hydrogen (secondary N) is 1. The SMILES string of the molecule is COc1ccc2cc([C@@H](C)C(=O)NCc3nc4ccccc4n3C)ccc2c1. The lowest BCUT2D eigenvalue weighted by atomic mass is 9.97. The Labute approximate surface area is 164 Å². The van der Waals surface area contributed by atoms with Gasteiger partial charge in [-0.1, -0.05) is 36.4 Å². The van der Waals surface area contributed by atoms with Crippen molar-refractivity contribution < 1.29 is 9.53 Å². The number of hydrogen-bond donors (Lipinski definition) is 1. The largest absolute Gasteiger partial charge is 0.497 e. The maximum Gasteiger partial charge on any atom is 0.227 e. The average Bonchev–Trinajstić information content (AvgIpc) is 3.06. The molecule has 4 aromatic rings. The van der Waals surface area contributed by atoms with Crippen molar-refractivity contribution in [1.29, 1.82) is 0 Å². The molecule has 5 heteroatoms. The van der Waals surface area contributed by atoms with Crippen LogP contribution < -0.4 is 10.1 Å². The highest BCUT2D eigenvalue weighted by Gasteiger charge is 2.17. The Morgan fingerprint density at radius 1 is 1.11 bits per heavy atom. The topological polar surface area (TPSA) is 56.1 Å². The van der Waals surface area contributed by atoms with Crippen LogP contribution in [0, 0.1) is 0 Å². The van der Waals surface area contributed by atoms with Gasteiger partial charge in [-0.25, -0.2) is 4.98 Å². The molecule has 1 amide bonds. The molecule has 1 atom stereocenters. The third kappa shape index (κ3) is 3.31. The molecule has 4 rings (SSSR count). The molecule has 1 N–H and O–H groups in total. The molecular formula is C23H23N3O2. The number of carbonyl (C=O) groups is 1. The molecule has 5 nitrogen and oxygen atoms in total. The smallest absolute Gasteiger partial charge is 0.227 e. The molecule has 0 bridgehead atoms. The van der Waals surface area contributed by atoms with Gasteiger partial charge in [-0.15, -0.1) is 0 Å². The van der Waals surface area contributed by atoms with Gasteiger partial charge in [-0.2, -0.15) is 0 Å². The van der Waals surface area contributed by atoms with E-state index >= 15 is 0 Å². The Balaban J connectivity index is 1.49. The van der Waals surface area contributed by atoms with Crippen LogP contribution in [0.15, 0.2) is 60.7 Å². The molecule has 1 heterocycles. The number of amides is 1. The molecule has 0 saturated carbocycles. The lowest BCUT2D eigenvalue weighted by Gasteiger charge is -2.14.